The van der Waals surface area contributed by atoms with Gasteiger partial charge in [-0.2, -0.15) is 0 Å². The Labute approximate surface area is 93.0 Å². The molecule has 0 amide bonds. The Morgan fingerprint density at radius 3 is 2.73 bits per heavy atom. The molecule has 0 aliphatic heterocycles. The summed E-state index contributed by atoms with van der Waals surface area (Å²) in [6.45, 7) is 2.14. The first-order chi connectivity index (χ1) is 7.40. The van der Waals surface area contributed by atoms with E-state index < -0.39 is 0 Å². The van der Waals surface area contributed by atoms with Gasteiger partial charge in [0.25, 0.3) is 0 Å². The molecule has 0 nitrogen and oxygen atoms in total. The fraction of sp³-hybridized carbons (Fsp3) is 0.467. The minimum absolute atomic E-state index is 0.829. The van der Waals surface area contributed by atoms with Crippen molar-refractivity contribution in [2.24, 2.45) is 11.8 Å². The third kappa shape index (κ3) is 2.71. The molecule has 80 valence electrons. The molecule has 0 bridgehead atoms. The molecule has 1 saturated carbocycles. The molecule has 1 aliphatic carbocycles. The summed E-state index contributed by atoms with van der Waals surface area (Å²) in [7, 11) is 0. The highest BCUT2D eigenvalue weighted by atomic mass is 14.3. The van der Waals surface area contributed by atoms with Gasteiger partial charge in [0.05, 0.1) is 0 Å². The van der Waals surface area contributed by atoms with E-state index in [0.29, 0.717) is 0 Å². The summed E-state index contributed by atoms with van der Waals surface area (Å²) < 4.78 is 0. The summed E-state index contributed by atoms with van der Waals surface area (Å²) in [4.78, 5) is 0. The SMILES string of the molecule is C/C=C/C1CCCC1Cc1ccccc1. The van der Waals surface area contributed by atoms with E-state index in [1.807, 2.05) is 0 Å². The van der Waals surface area contributed by atoms with Crippen LogP contribution < -0.4 is 0 Å². The van der Waals surface area contributed by atoms with Crippen molar-refractivity contribution in [2.45, 2.75) is 32.6 Å². The van der Waals surface area contributed by atoms with Gasteiger partial charge in [-0.1, -0.05) is 48.9 Å². The monoisotopic (exact) mass is 200 g/mol. The Hall–Kier alpha value is -1.04. The standard InChI is InChI=1S/C15H20/c1-2-7-14-10-6-11-15(14)12-13-8-4-3-5-9-13/h2-5,7-9,14-15H,6,10-12H2,1H3/b7-2+. The van der Waals surface area contributed by atoms with Crippen LogP contribution in [0.15, 0.2) is 42.5 Å². The number of hydrogen-bond donors (Lipinski definition) is 0. The molecule has 0 aromatic heterocycles. The fourth-order valence-electron chi connectivity index (χ4n) is 2.74. The van der Waals surface area contributed by atoms with Gasteiger partial charge < -0.3 is 0 Å². The lowest BCUT2D eigenvalue weighted by Gasteiger charge is -2.16. The predicted octanol–water partition coefficient (Wildman–Crippen LogP) is 4.22. The van der Waals surface area contributed by atoms with Gasteiger partial charge in [0.2, 0.25) is 0 Å². The van der Waals surface area contributed by atoms with Crippen LogP contribution >= 0.6 is 0 Å². The molecule has 0 N–H and O–H groups in total. The van der Waals surface area contributed by atoms with Crippen molar-refractivity contribution in [1.82, 2.24) is 0 Å². The van der Waals surface area contributed by atoms with E-state index in [1.165, 1.54) is 31.2 Å². The van der Waals surface area contributed by atoms with Gasteiger partial charge >= 0.3 is 0 Å². The Kier molecular flexibility index (Phi) is 3.60. The van der Waals surface area contributed by atoms with E-state index in [4.69, 9.17) is 0 Å². The first-order valence-corrected chi connectivity index (χ1v) is 6.07. The zero-order valence-corrected chi connectivity index (χ0v) is 9.52. The van der Waals surface area contributed by atoms with Crippen molar-refractivity contribution in [3.63, 3.8) is 0 Å². The first-order valence-electron chi connectivity index (χ1n) is 6.07. The van der Waals surface area contributed by atoms with E-state index in [-0.39, 0.29) is 0 Å². The molecule has 1 aromatic rings. The molecule has 0 heterocycles. The summed E-state index contributed by atoms with van der Waals surface area (Å²) in [5, 5.41) is 0. The topological polar surface area (TPSA) is 0 Å². The Morgan fingerprint density at radius 1 is 1.20 bits per heavy atom. The largest absolute Gasteiger partial charge is 0.0914 e. The summed E-state index contributed by atoms with van der Waals surface area (Å²) >= 11 is 0. The number of hydrogen-bond acceptors (Lipinski definition) is 0. The zero-order chi connectivity index (χ0) is 10.5. The van der Waals surface area contributed by atoms with E-state index in [9.17, 15) is 0 Å². The third-order valence-corrected chi connectivity index (χ3v) is 3.50. The Balaban J connectivity index is 1.99. The molecular weight excluding hydrogens is 180 g/mol. The number of rotatable bonds is 3. The molecule has 0 spiro atoms. The van der Waals surface area contributed by atoms with E-state index in [0.717, 1.165) is 11.8 Å². The van der Waals surface area contributed by atoms with Gasteiger partial charge in [0.15, 0.2) is 0 Å². The van der Waals surface area contributed by atoms with Crippen molar-refractivity contribution in [3.8, 4) is 0 Å². The Morgan fingerprint density at radius 2 is 2.00 bits per heavy atom. The van der Waals surface area contributed by atoms with Crippen LogP contribution in [0.4, 0.5) is 0 Å². The molecular formula is C15H20. The molecule has 2 atom stereocenters. The van der Waals surface area contributed by atoms with Gasteiger partial charge in [-0.25, -0.2) is 0 Å². The average Bonchev–Trinajstić information content (AvgIpc) is 2.68. The summed E-state index contributed by atoms with van der Waals surface area (Å²) in [6.07, 6.45) is 10.1. The summed E-state index contributed by atoms with van der Waals surface area (Å²) in [5.74, 6) is 1.71. The van der Waals surface area contributed by atoms with E-state index in [2.05, 4.69) is 49.4 Å². The molecule has 1 aliphatic rings. The summed E-state index contributed by atoms with van der Waals surface area (Å²) in [6, 6.07) is 10.9. The van der Waals surface area contributed by atoms with Crippen LogP contribution in [0.2, 0.25) is 0 Å². The third-order valence-electron chi connectivity index (χ3n) is 3.50. The molecule has 0 heteroatoms. The second kappa shape index (κ2) is 5.16. The second-order valence-corrected chi connectivity index (χ2v) is 4.57. The maximum Gasteiger partial charge on any atom is -0.0202 e. The van der Waals surface area contributed by atoms with Crippen LogP contribution in [0.3, 0.4) is 0 Å². The van der Waals surface area contributed by atoms with Crippen LogP contribution in [0, 0.1) is 11.8 Å². The molecule has 2 rings (SSSR count). The van der Waals surface area contributed by atoms with Crippen LogP contribution in [0.25, 0.3) is 0 Å². The smallest absolute Gasteiger partial charge is 0.0202 e. The summed E-state index contributed by atoms with van der Waals surface area (Å²) in [5.41, 5.74) is 1.50. The van der Waals surface area contributed by atoms with E-state index in [1.54, 1.807) is 0 Å². The average molecular weight is 200 g/mol. The Bertz CT molecular complexity index is 310. The highest BCUT2D eigenvalue weighted by Crippen LogP contribution is 2.35. The molecule has 2 unspecified atom stereocenters. The molecule has 0 saturated heterocycles. The normalized spacial score (nSPS) is 26.2. The van der Waals surface area contributed by atoms with Gasteiger partial charge in [-0.3, -0.25) is 0 Å². The van der Waals surface area contributed by atoms with Gasteiger partial charge in [0.1, 0.15) is 0 Å². The van der Waals surface area contributed by atoms with Crippen LogP contribution in [0.1, 0.15) is 31.7 Å². The fourth-order valence-corrected chi connectivity index (χ4v) is 2.74. The lowest BCUT2D eigenvalue weighted by molar-refractivity contribution is 0.456. The first kappa shape index (κ1) is 10.5. The lowest BCUT2D eigenvalue weighted by atomic mass is 9.89. The number of allylic oxidation sites excluding steroid dienone is 2. The lowest BCUT2D eigenvalue weighted by Crippen LogP contribution is -2.08. The van der Waals surface area contributed by atoms with Crippen molar-refractivity contribution in [2.75, 3.05) is 0 Å². The number of benzene rings is 1. The maximum absolute atomic E-state index is 2.40. The quantitative estimate of drug-likeness (QED) is 0.641. The van der Waals surface area contributed by atoms with Gasteiger partial charge in [-0.15, -0.1) is 0 Å². The van der Waals surface area contributed by atoms with Crippen molar-refractivity contribution < 1.29 is 0 Å². The van der Waals surface area contributed by atoms with Gasteiger partial charge in [0, 0.05) is 0 Å². The van der Waals surface area contributed by atoms with Crippen molar-refractivity contribution in [1.29, 1.82) is 0 Å². The van der Waals surface area contributed by atoms with Crippen LogP contribution in [-0.4, -0.2) is 0 Å². The second-order valence-electron chi connectivity index (χ2n) is 4.57. The molecule has 0 radical (unpaired) electrons. The minimum atomic E-state index is 0.829. The van der Waals surface area contributed by atoms with E-state index >= 15 is 0 Å². The van der Waals surface area contributed by atoms with Gasteiger partial charge in [-0.05, 0) is 43.6 Å². The molecule has 1 aromatic carbocycles. The van der Waals surface area contributed by atoms with Crippen molar-refractivity contribution >= 4 is 0 Å². The maximum atomic E-state index is 2.40. The van der Waals surface area contributed by atoms with Crippen LogP contribution in [-0.2, 0) is 6.42 Å². The minimum Gasteiger partial charge on any atom is -0.0914 e. The zero-order valence-electron chi connectivity index (χ0n) is 9.52. The highest BCUT2D eigenvalue weighted by Gasteiger charge is 2.24. The highest BCUT2D eigenvalue weighted by molar-refractivity contribution is 5.16. The molecule has 1 fully saturated rings. The predicted molar refractivity (Wildman–Crippen MR) is 65.8 cm³/mol. The van der Waals surface area contributed by atoms with Crippen LogP contribution in [0.5, 0.6) is 0 Å². The van der Waals surface area contributed by atoms with Crippen molar-refractivity contribution in [3.05, 3.63) is 48.0 Å². The molecule has 15 heavy (non-hydrogen) atoms.